The lowest BCUT2D eigenvalue weighted by Crippen LogP contribution is -2.48. The fraction of sp³-hybridized carbons (Fsp3) is 0.345. The van der Waals surface area contributed by atoms with E-state index in [1.807, 2.05) is 48.5 Å². The fourth-order valence-electron chi connectivity index (χ4n) is 4.52. The zero-order chi connectivity index (χ0) is 25.1. The highest BCUT2D eigenvalue weighted by atomic mass is 32.2. The van der Waals surface area contributed by atoms with Crippen LogP contribution in [0.15, 0.2) is 83.8 Å². The van der Waals surface area contributed by atoms with E-state index < -0.39 is 16.1 Å². The zero-order valence-electron chi connectivity index (χ0n) is 20.7. The summed E-state index contributed by atoms with van der Waals surface area (Å²) in [6.45, 7) is 6.79. The average Bonchev–Trinajstić information content (AvgIpc) is 3.25. The molecule has 0 unspecified atom stereocenters. The molecular weight excluding hydrogens is 456 g/mol. The van der Waals surface area contributed by atoms with Gasteiger partial charge in [0.1, 0.15) is 6.04 Å². The van der Waals surface area contributed by atoms with E-state index in [0.29, 0.717) is 18.7 Å². The van der Waals surface area contributed by atoms with Gasteiger partial charge in [-0.2, -0.15) is 0 Å². The zero-order valence-corrected chi connectivity index (χ0v) is 21.5. The van der Waals surface area contributed by atoms with Gasteiger partial charge in [0.15, 0.2) is 0 Å². The van der Waals surface area contributed by atoms with Crippen molar-refractivity contribution in [2.24, 2.45) is 0 Å². The number of nitrogens with one attached hydrogen (secondary N) is 1. The lowest BCUT2D eigenvalue weighted by Gasteiger charge is -2.27. The molecule has 0 saturated carbocycles. The van der Waals surface area contributed by atoms with Crippen molar-refractivity contribution in [3.05, 3.63) is 95.6 Å². The summed E-state index contributed by atoms with van der Waals surface area (Å²) in [5, 5.41) is 2.98. The van der Waals surface area contributed by atoms with Crippen LogP contribution >= 0.6 is 0 Å². The Balaban J connectivity index is 1.48. The molecule has 0 aliphatic carbocycles. The van der Waals surface area contributed by atoms with E-state index in [1.165, 1.54) is 9.87 Å². The quantitative estimate of drug-likeness (QED) is 0.439. The van der Waals surface area contributed by atoms with Crippen molar-refractivity contribution in [3.63, 3.8) is 0 Å². The Hall–Kier alpha value is -3.12. The van der Waals surface area contributed by atoms with Crippen LogP contribution in [0.1, 0.15) is 50.3 Å². The van der Waals surface area contributed by atoms with Gasteiger partial charge in [0, 0.05) is 13.0 Å². The number of hydrogen-bond donors (Lipinski definition) is 1. The van der Waals surface area contributed by atoms with Crippen LogP contribution in [-0.2, 0) is 33.1 Å². The van der Waals surface area contributed by atoms with Gasteiger partial charge in [-0.1, -0.05) is 81.4 Å². The van der Waals surface area contributed by atoms with Crippen LogP contribution < -0.4 is 9.62 Å². The van der Waals surface area contributed by atoms with Crippen LogP contribution in [0.3, 0.4) is 0 Å². The molecule has 0 radical (unpaired) electrons. The first-order valence-corrected chi connectivity index (χ1v) is 13.7. The van der Waals surface area contributed by atoms with Crippen LogP contribution in [0.2, 0.25) is 0 Å². The maximum atomic E-state index is 13.8. The summed E-state index contributed by atoms with van der Waals surface area (Å²) in [4.78, 5) is 13.4. The molecule has 1 aliphatic heterocycles. The van der Waals surface area contributed by atoms with Crippen LogP contribution in [0.5, 0.6) is 0 Å². The van der Waals surface area contributed by atoms with Crippen molar-refractivity contribution in [2.45, 2.75) is 62.8 Å². The summed E-state index contributed by atoms with van der Waals surface area (Å²) in [7, 11) is -3.91. The summed E-state index contributed by atoms with van der Waals surface area (Å²) in [6.07, 6.45) is 3.11. The minimum atomic E-state index is -3.91. The molecule has 0 bridgehead atoms. The van der Waals surface area contributed by atoms with E-state index in [4.69, 9.17) is 0 Å². The summed E-state index contributed by atoms with van der Waals surface area (Å²) < 4.78 is 28.8. The highest BCUT2D eigenvalue weighted by Gasteiger charge is 2.42. The molecule has 1 amide bonds. The normalized spacial score (nSPS) is 15.6. The minimum Gasteiger partial charge on any atom is -0.354 e. The highest BCUT2D eigenvalue weighted by Crippen LogP contribution is 2.37. The second-order valence-corrected chi connectivity index (χ2v) is 12.0. The predicted molar refractivity (Wildman–Crippen MR) is 141 cm³/mol. The van der Waals surface area contributed by atoms with Gasteiger partial charge in [-0.25, -0.2) is 8.42 Å². The number of hydrogen-bond acceptors (Lipinski definition) is 3. The van der Waals surface area contributed by atoms with E-state index in [1.54, 1.807) is 18.2 Å². The number of fused-ring (bicyclic) bond motifs is 1. The number of benzene rings is 3. The predicted octanol–water partition coefficient (Wildman–Crippen LogP) is 5.24. The van der Waals surface area contributed by atoms with Gasteiger partial charge < -0.3 is 5.32 Å². The molecule has 1 aliphatic rings. The van der Waals surface area contributed by atoms with Crippen molar-refractivity contribution >= 4 is 21.6 Å². The first-order chi connectivity index (χ1) is 16.7. The first kappa shape index (κ1) is 25.0. The second-order valence-electron chi connectivity index (χ2n) is 10.2. The van der Waals surface area contributed by atoms with Gasteiger partial charge in [-0.3, -0.25) is 9.10 Å². The molecule has 1 atom stereocenters. The first-order valence-electron chi connectivity index (χ1n) is 12.2. The monoisotopic (exact) mass is 490 g/mol. The van der Waals surface area contributed by atoms with Gasteiger partial charge in [0.2, 0.25) is 5.91 Å². The molecule has 3 aromatic carbocycles. The summed E-state index contributed by atoms with van der Waals surface area (Å²) >= 11 is 0. The minimum absolute atomic E-state index is 0.0779. The number of amides is 1. The SMILES string of the molecule is CC(C)(C)c1ccc(S(=O)(=O)N2c3ccccc3C[C@H]2C(=O)NCCCCc2ccccc2)cc1. The molecule has 184 valence electrons. The maximum Gasteiger partial charge on any atom is 0.265 e. The molecule has 0 spiro atoms. The van der Waals surface area contributed by atoms with Crippen LogP contribution in [0, 0.1) is 0 Å². The molecular formula is C29H34N2O3S. The Morgan fingerprint density at radius 3 is 2.26 bits per heavy atom. The Morgan fingerprint density at radius 1 is 0.914 bits per heavy atom. The molecule has 0 fully saturated rings. The summed E-state index contributed by atoms with van der Waals surface area (Å²) in [5.74, 6) is -0.254. The van der Waals surface area contributed by atoms with Gasteiger partial charge >= 0.3 is 0 Å². The number of nitrogens with zero attached hydrogens (tertiary/aromatic N) is 1. The Morgan fingerprint density at radius 2 is 1.57 bits per heavy atom. The average molecular weight is 491 g/mol. The second kappa shape index (κ2) is 10.2. The van der Waals surface area contributed by atoms with Crippen molar-refractivity contribution in [1.82, 2.24) is 5.32 Å². The van der Waals surface area contributed by atoms with Crippen molar-refractivity contribution in [3.8, 4) is 0 Å². The summed E-state index contributed by atoms with van der Waals surface area (Å²) in [5.41, 5.74) is 3.71. The van der Waals surface area contributed by atoms with E-state index >= 15 is 0 Å². The number of carbonyl (C=O) groups is 1. The van der Waals surface area contributed by atoms with E-state index in [0.717, 1.165) is 30.4 Å². The third-order valence-corrected chi connectivity index (χ3v) is 8.38. The fourth-order valence-corrected chi connectivity index (χ4v) is 6.17. The molecule has 1 N–H and O–H groups in total. The van der Waals surface area contributed by atoms with Gasteiger partial charge in [0.25, 0.3) is 10.0 Å². The van der Waals surface area contributed by atoms with Crippen molar-refractivity contribution in [2.75, 3.05) is 10.8 Å². The van der Waals surface area contributed by atoms with E-state index in [2.05, 4.69) is 38.2 Å². The number of aryl methyl sites for hydroxylation is 1. The number of anilines is 1. The third kappa shape index (κ3) is 5.59. The lowest BCUT2D eigenvalue weighted by molar-refractivity contribution is -0.122. The smallest absolute Gasteiger partial charge is 0.265 e. The molecule has 35 heavy (non-hydrogen) atoms. The lowest BCUT2D eigenvalue weighted by atomic mass is 9.87. The maximum absolute atomic E-state index is 13.8. The molecule has 0 aromatic heterocycles. The Kier molecular flexibility index (Phi) is 7.31. The largest absolute Gasteiger partial charge is 0.354 e. The number of unbranched alkanes of at least 4 members (excludes halogenated alkanes) is 1. The third-order valence-electron chi connectivity index (χ3n) is 6.54. The van der Waals surface area contributed by atoms with Crippen LogP contribution in [-0.4, -0.2) is 26.9 Å². The van der Waals surface area contributed by atoms with Gasteiger partial charge in [0.05, 0.1) is 10.6 Å². The summed E-state index contributed by atoms with van der Waals surface area (Å²) in [6, 6.07) is 23.8. The standard InChI is InChI=1S/C29H34N2O3S/c1-29(2,3)24-16-18-25(19-17-24)35(33,34)31-26-15-8-7-14-23(26)21-27(31)28(32)30-20-10-9-13-22-11-5-4-6-12-22/h4-8,11-12,14-19,27H,9-10,13,20-21H2,1-3H3,(H,30,32)/t27-/m0/s1. The van der Waals surface area contributed by atoms with Gasteiger partial charge in [-0.05, 0) is 59.6 Å². The Bertz CT molecular complexity index is 1260. The number of sulfonamides is 1. The van der Waals surface area contributed by atoms with Crippen LogP contribution in [0.25, 0.3) is 0 Å². The number of rotatable bonds is 8. The van der Waals surface area contributed by atoms with Crippen LogP contribution in [0.4, 0.5) is 5.69 Å². The van der Waals surface area contributed by atoms with E-state index in [-0.39, 0.29) is 16.2 Å². The molecule has 5 nitrogen and oxygen atoms in total. The highest BCUT2D eigenvalue weighted by molar-refractivity contribution is 7.93. The topological polar surface area (TPSA) is 66.5 Å². The molecule has 3 aromatic rings. The molecule has 0 saturated heterocycles. The van der Waals surface area contributed by atoms with Crippen molar-refractivity contribution in [1.29, 1.82) is 0 Å². The van der Waals surface area contributed by atoms with Crippen molar-refractivity contribution < 1.29 is 13.2 Å². The molecule has 4 rings (SSSR count). The number of para-hydroxylation sites is 1. The van der Waals surface area contributed by atoms with Gasteiger partial charge in [-0.15, -0.1) is 0 Å². The van der Waals surface area contributed by atoms with E-state index in [9.17, 15) is 13.2 Å². The Labute approximate surface area is 209 Å². The molecule has 1 heterocycles. The molecule has 6 heteroatoms. The number of carbonyl (C=O) groups excluding carboxylic acids is 1.